The fraction of sp³-hybridized carbons (Fsp3) is 0.500. The van der Waals surface area contributed by atoms with E-state index in [-0.39, 0.29) is 46.2 Å². The maximum Gasteiger partial charge on any atom is 0.472 e. The van der Waals surface area contributed by atoms with Gasteiger partial charge in [-0.3, -0.25) is 31.8 Å². The maximum absolute atomic E-state index is 13.5. The number of nitrogen functional groups attached to an aromatic ring is 3. The molecule has 32 heteroatoms. The minimum Gasteiger partial charge on any atom is -0.394 e. The third-order valence-electron chi connectivity index (χ3n) is 10.3. The van der Waals surface area contributed by atoms with Crippen molar-refractivity contribution in [1.82, 2.24) is 58.6 Å². The van der Waals surface area contributed by atoms with Crippen LogP contribution in [0, 0.1) is 0 Å². The van der Waals surface area contributed by atoms with Gasteiger partial charge in [-0.05, 0) is 0 Å². The predicted octanol–water partition coefficient (Wildman–Crippen LogP) is -2.59. The topological polar surface area (TPSA) is 429 Å². The van der Waals surface area contributed by atoms with Gasteiger partial charge in [-0.2, -0.15) is 0 Å². The summed E-state index contributed by atoms with van der Waals surface area (Å²) in [6.07, 6.45) is -8.84. The van der Waals surface area contributed by atoms with Crippen LogP contribution in [0.4, 0.5) is 17.5 Å². The van der Waals surface area contributed by atoms with Gasteiger partial charge in [-0.15, -0.1) is 0 Å². The van der Waals surface area contributed by atoms with Crippen LogP contribution in [-0.2, 0) is 41.4 Å². The van der Waals surface area contributed by atoms with Crippen LogP contribution in [0.2, 0.25) is 0 Å². The molecule has 3 aliphatic rings. The number of ether oxygens (including phenoxy) is 3. The van der Waals surface area contributed by atoms with Crippen LogP contribution in [0.1, 0.15) is 25.1 Å². The molecule has 62 heavy (non-hydrogen) atoms. The summed E-state index contributed by atoms with van der Waals surface area (Å²) >= 11 is 0. The molecule has 12 N–H and O–H groups in total. The SMILES string of the molecule is Nc1ncnc2c1ncn2[C@@H]1O[C@H](CO)[C@@H](O)[C@H]1OP(=O)(O)OC[C@H]1O[C@@H](n2cnc3c(N)ncnc32)[C@H](OP(=O)(O)OC[C@H]2O[C@@H](n3cnc4c(N)ncnc43)C[C@@H]2O)[C@@H]1O. The highest BCUT2D eigenvalue weighted by Crippen LogP contribution is 2.53. The fourth-order valence-corrected chi connectivity index (χ4v) is 9.20. The molecule has 3 aliphatic heterocycles. The number of aromatic nitrogens is 12. The van der Waals surface area contributed by atoms with Crippen LogP contribution in [-0.4, -0.2) is 157 Å². The summed E-state index contributed by atoms with van der Waals surface area (Å²) < 4.78 is 70.0. The Hall–Kier alpha value is -5.01. The molecule has 0 spiro atoms. The second-order valence-electron chi connectivity index (χ2n) is 14.1. The molecule has 332 valence electrons. The molecule has 3 fully saturated rings. The lowest BCUT2D eigenvalue weighted by Gasteiger charge is -2.25. The van der Waals surface area contributed by atoms with Gasteiger partial charge in [0.05, 0.1) is 44.9 Å². The first-order valence-electron chi connectivity index (χ1n) is 18.3. The number of phosphoric ester groups is 2. The van der Waals surface area contributed by atoms with Gasteiger partial charge in [0.15, 0.2) is 46.9 Å². The molecule has 0 saturated carbocycles. The molecule has 6 aromatic heterocycles. The zero-order valence-corrected chi connectivity index (χ0v) is 33.3. The smallest absolute Gasteiger partial charge is 0.394 e. The molecule has 30 nitrogen and oxygen atoms in total. The largest absolute Gasteiger partial charge is 0.472 e. The molecular formula is C30H37N15O15P2. The number of aliphatic hydroxyl groups is 4. The molecule has 0 amide bonds. The molecule has 0 bridgehead atoms. The van der Waals surface area contributed by atoms with Crippen LogP contribution in [0.5, 0.6) is 0 Å². The molecule has 3 saturated heterocycles. The van der Waals surface area contributed by atoms with Gasteiger partial charge in [0.25, 0.3) is 0 Å². The number of hydrogen-bond acceptors (Lipinski definition) is 25. The van der Waals surface area contributed by atoms with E-state index in [2.05, 4.69) is 44.9 Å². The van der Waals surface area contributed by atoms with Gasteiger partial charge in [-0.1, -0.05) is 0 Å². The van der Waals surface area contributed by atoms with Crippen molar-refractivity contribution in [2.75, 3.05) is 37.0 Å². The van der Waals surface area contributed by atoms with Crippen molar-refractivity contribution in [1.29, 1.82) is 0 Å². The summed E-state index contributed by atoms with van der Waals surface area (Å²) in [5.41, 5.74) is 18.7. The summed E-state index contributed by atoms with van der Waals surface area (Å²) in [7, 11) is -10.4. The third kappa shape index (κ3) is 7.73. The third-order valence-corrected chi connectivity index (χ3v) is 12.3. The number of anilines is 3. The second kappa shape index (κ2) is 16.3. The van der Waals surface area contributed by atoms with E-state index in [1.54, 1.807) is 0 Å². The predicted molar refractivity (Wildman–Crippen MR) is 202 cm³/mol. The monoisotopic (exact) mass is 909 g/mol. The maximum atomic E-state index is 13.5. The highest BCUT2D eigenvalue weighted by atomic mass is 31.2. The van der Waals surface area contributed by atoms with Crippen LogP contribution in [0.15, 0.2) is 38.0 Å². The number of rotatable bonds is 14. The van der Waals surface area contributed by atoms with Crippen molar-refractivity contribution in [3.05, 3.63) is 38.0 Å². The standard InChI is InChI=1S/C30H37N15O15P2/c31-23-16-26(37-5-34-23)43(8-40-16)15-1-11(47)13(56-15)3-54-61(50,51)60-22-20(49)14(58-30(22)45-10-42-18-25(33)36-7-39-28(18)45)4-55-62(52,53)59-21-19(48)12(2-46)57-29(21)44-9-41-17-24(32)35-6-38-27(17)44/h5-15,19-22,29-30,46-49H,1-4H2,(H,50,51)(H,52,53)(H2,31,34,37)(H2,32,35,38)(H2,33,36,39)/t11-,12+,13+,14+,15+,19+,20+,21+,22+,29+,30+/m0/s1. The van der Waals surface area contributed by atoms with E-state index in [1.807, 2.05) is 0 Å². The Bertz CT molecular complexity index is 2710. The lowest BCUT2D eigenvalue weighted by atomic mass is 10.1. The van der Waals surface area contributed by atoms with Gasteiger partial charge in [0.1, 0.15) is 84.5 Å². The van der Waals surface area contributed by atoms with Gasteiger partial charge in [-0.25, -0.2) is 54.0 Å². The highest BCUT2D eigenvalue weighted by molar-refractivity contribution is 7.47. The van der Waals surface area contributed by atoms with Crippen molar-refractivity contribution in [3.8, 4) is 0 Å². The van der Waals surface area contributed by atoms with E-state index in [1.165, 1.54) is 39.0 Å². The van der Waals surface area contributed by atoms with Gasteiger partial charge in [0.2, 0.25) is 0 Å². The average Bonchev–Trinajstić information content (AvgIpc) is 4.10. The van der Waals surface area contributed by atoms with E-state index < -0.39 is 103 Å². The molecule has 6 aromatic rings. The minimum atomic E-state index is -5.25. The Morgan fingerprint density at radius 1 is 0.613 bits per heavy atom. The molecule has 13 atom stereocenters. The Morgan fingerprint density at radius 2 is 1.03 bits per heavy atom. The van der Waals surface area contributed by atoms with Gasteiger partial charge >= 0.3 is 15.6 Å². The number of phosphoric acid groups is 2. The number of hydrogen-bond donors (Lipinski definition) is 9. The van der Waals surface area contributed by atoms with Crippen LogP contribution >= 0.6 is 15.6 Å². The van der Waals surface area contributed by atoms with Crippen molar-refractivity contribution < 1.29 is 71.6 Å². The molecule has 9 heterocycles. The zero-order chi connectivity index (χ0) is 43.7. The van der Waals surface area contributed by atoms with E-state index in [0.29, 0.717) is 11.2 Å². The fourth-order valence-electron chi connectivity index (χ4n) is 7.33. The quantitative estimate of drug-likeness (QED) is 0.0507. The summed E-state index contributed by atoms with van der Waals surface area (Å²) in [6.45, 7) is -2.32. The van der Waals surface area contributed by atoms with Crippen molar-refractivity contribution >= 4 is 66.6 Å². The van der Waals surface area contributed by atoms with E-state index in [0.717, 1.165) is 12.7 Å². The Labute approximate surface area is 345 Å². The zero-order valence-electron chi connectivity index (χ0n) is 31.5. The Balaban J connectivity index is 0.906. The normalized spacial score (nSPS) is 31.0. The second-order valence-corrected chi connectivity index (χ2v) is 17.0. The molecular weight excluding hydrogens is 872 g/mol. The first-order chi connectivity index (χ1) is 29.6. The molecule has 0 aromatic carbocycles. The summed E-state index contributed by atoms with van der Waals surface area (Å²) in [5.74, 6) is 0.102. The van der Waals surface area contributed by atoms with E-state index in [4.69, 9.17) is 49.5 Å². The van der Waals surface area contributed by atoms with E-state index in [9.17, 15) is 39.3 Å². The first-order valence-corrected chi connectivity index (χ1v) is 21.3. The van der Waals surface area contributed by atoms with Crippen molar-refractivity contribution in [3.63, 3.8) is 0 Å². The lowest BCUT2D eigenvalue weighted by molar-refractivity contribution is -0.0636. The van der Waals surface area contributed by atoms with Crippen molar-refractivity contribution in [2.24, 2.45) is 0 Å². The van der Waals surface area contributed by atoms with Crippen molar-refractivity contribution in [2.45, 2.75) is 73.9 Å². The Kier molecular flexibility index (Phi) is 11.1. The van der Waals surface area contributed by atoms with Gasteiger partial charge < -0.3 is 61.6 Å². The average molecular weight is 910 g/mol. The number of aliphatic hydroxyl groups excluding tert-OH is 4. The summed E-state index contributed by atoms with van der Waals surface area (Å²) in [5, 5.41) is 43.1. The van der Waals surface area contributed by atoms with Crippen LogP contribution in [0.3, 0.4) is 0 Å². The molecule has 0 radical (unpaired) electrons. The minimum absolute atomic E-state index is 0.00988. The van der Waals surface area contributed by atoms with E-state index >= 15 is 0 Å². The number of nitrogens with two attached hydrogens (primary N) is 3. The van der Waals surface area contributed by atoms with Gasteiger partial charge in [0, 0.05) is 6.42 Å². The number of imidazole rings is 3. The first kappa shape index (κ1) is 42.3. The summed E-state index contributed by atoms with van der Waals surface area (Å²) in [6, 6.07) is 0. The van der Waals surface area contributed by atoms with Crippen LogP contribution < -0.4 is 17.2 Å². The lowest BCUT2D eigenvalue weighted by Crippen LogP contribution is -2.36. The van der Waals surface area contributed by atoms with Crippen LogP contribution in [0.25, 0.3) is 33.5 Å². The number of fused-ring (bicyclic) bond motifs is 3. The molecule has 2 unspecified atom stereocenters. The summed E-state index contributed by atoms with van der Waals surface area (Å²) in [4.78, 5) is 58.4. The molecule has 0 aliphatic carbocycles. The molecule has 9 rings (SSSR count). The Morgan fingerprint density at radius 3 is 1.52 bits per heavy atom. The highest BCUT2D eigenvalue weighted by Gasteiger charge is 2.53. The number of nitrogens with zero attached hydrogens (tertiary/aromatic N) is 12.